The SMILES string of the molecule is CC[C@H]1OC(=O)[C@H](C)C(=O)[C@H](C)[C@@H](O[C@@H]2O[C@H](C)C[C@H](N(C)C)[C@H]2O)[C@@]2(C)C[C@@H](C)C(=N)[C@H](C)[C@H](OC/C(=N\OCc3ccc4cn[nH]c4c3)CO2)[C@]1(C)O. The van der Waals surface area contributed by atoms with Gasteiger partial charge in [-0.1, -0.05) is 45.0 Å². The number of oxime groups is 1. The van der Waals surface area contributed by atoms with E-state index < -0.39 is 77.3 Å². The minimum Gasteiger partial charge on any atom is -0.459 e. The van der Waals surface area contributed by atoms with Crippen LogP contribution in [0, 0.1) is 29.1 Å². The fraction of sp³-hybridized carbons (Fsp3) is 0.725. The topological polar surface area (TPSA) is 198 Å². The second-order valence-electron chi connectivity index (χ2n) is 16.5. The van der Waals surface area contributed by atoms with E-state index in [1.165, 1.54) is 13.8 Å². The van der Waals surface area contributed by atoms with Gasteiger partial charge in [-0.3, -0.25) is 14.7 Å². The molecule has 4 heterocycles. The van der Waals surface area contributed by atoms with Crippen LogP contribution >= 0.6 is 0 Å². The molecule has 0 aliphatic carbocycles. The third-order valence-corrected chi connectivity index (χ3v) is 11.8. The molecule has 0 radical (unpaired) electrons. The Morgan fingerprint density at radius 2 is 1.84 bits per heavy atom. The zero-order valence-corrected chi connectivity index (χ0v) is 33.9. The zero-order chi connectivity index (χ0) is 40.4. The Kier molecular flexibility index (Phi) is 13.6. The summed E-state index contributed by atoms with van der Waals surface area (Å²) < 4.78 is 32.2. The number of carbonyl (C=O) groups is 2. The summed E-state index contributed by atoms with van der Waals surface area (Å²) >= 11 is 0. The average Bonchev–Trinajstić information content (AvgIpc) is 3.61. The number of ketones is 1. The first-order chi connectivity index (χ1) is 25.9. The van der Waals surface area contributed by atoms with Gasteiger partial charge in [-0.05, 0) is 78.6 Å². The molecule has 55 heavy (non-hydrogen) atoms. The lowest BCUT2D eigenvalue weighted by molar-refractivity contribution is -0.296. The van der Waals surface area contributed by atoms with Crippen LogP contribution in [0.5, 0.6) is 0 Å². The maximum absolute atomic E-state index is 14.4. The smallest absolute Gasteiger partial charge is 0.316 e. The van der Waals surface area contributed by atoms with E-state index in [-0.39, 0.29) is 50.5 Å². The maximum atomic E-state index is 14.4. The molecule has 2 aromatic rings. The van der Waals surface area contributed by atoms with Gasteiger partial charge in [-0.25, -0.2) is 0 Å². The zero-order valence-electron chi connectivity index (χ0n) is 33.9. The number of aliphatic hydroxyl groups excluding tert-OH is 1. The van der Waals surface area contributed by atoms with Gasteiger partial charge in [0.25, 0.3) is 0 Å². The molecular formula is C40H61N5O10. The summed E-state index contributed by atoms with van der Waals surface area (Å²) in [5, 5.41) is 45.7. The van der Waals surface area contributed by atoms with E-state index >= 15 is 0 Å². The van der Waals surface area contributed by atoms with Crippen molar-refractivity contribution in [2.75, 3.05) is 27.3 Å². The average molecular weight is 772 g/mol. The van der Waals surface area contributed by atoms with Crippen molar-refractivity contribution in [2.24, 2.45) is 28.8 Å². The Labute approximate surface area is 323 Å². The summed E-state index contributed by atoms with van der Waals surface area (Å²) in [6, 6.07) is 5.48. The van der Waals surface area contributed by atoms with E-state index in [0.29, 0.717) is 12.1 Å². The van der Waals surface area contributed by atoms with Gasteiger partial charge in [0, 0.05) is 29.0 Å². The monoisotopic (exact) mass is 771 g/mol. The van der Waals surface area contributed by atoms with Crippen molar-refractivity contribution in [1.29, 1.82) is 5.41 Å². The molecule has 1 aromatic carbocycles. The molecule has 3 aliphatic heterocycles. The van der Waals surface area contributed by atoms with Gasteiger partial charge in [0.15, 0.2) is 12.1 Å². The molecule has 3 aliphatic rings. The molecule has 3 fully saturated rings. The lowest BCUT2D eigenvalue weighted by atomic mass is 9.74. The molecule has 0 unspecified atom stereocenters. The Morgan fingerprint density at radius 1 is 1.11 bits per heavy atom. The first-order valence-electron chi connectivity index (χ1n) is 19.4. The molecule has 3 saturated heterocycles. The molecule has 0 spiro atoms. The van der Waals surface area contributed by atoms with Crippen molar-refractivity contribution in [1.82, 2.24) is 15.1 Å². The number of Topliss-reactive ketones (excluding diaryl/α,β-unsaturated/α-hetero) is 1. The highest BCUT2D eigenvalue weighted by molar-refractivity contribution is 6.00. The number of hydrogen-bond donors (Lipinski definition) is 4. The van der Waals surface area contributed by atoms with Gasteiger partial charge in [0.05, 0.1) is 48.8 Å². The fourth-order valence-corrected chi connectivity index (χ4v) is 8.50. The van der Waals surface area contributed by atoms with Crippen molar-refractivity contribution in [2.45, 2.75) is 135 Å². The highest BCUT2D eigenvalue weighted by atomic mass is 16.7. The number of aromatic amines is 1. The number of fused-ring (bicyclic) bond motifs is 6. The summed E-state index contributed by atoms with van der Waals surface area (Å²) in [5.74, 6) is -4.60. The number of benzene rings is 1. The summed E-state index contributed by atoms with van der Waals surface area (Å²) in [7, 11) is 3.75. The molecule has 4 N–H and O–H groups in total. The normalized spacial score (nSPS) is 39.4. The van der Waals surface area contributed by atoms with Crippen LogP contribution in [0.15, 0.2) is 29.6 Å². The quantitative estimate of drug-likeness (QED) is 0.179. The largest absolute Gasteiger partial charge is 0.459 e. The molecule has 2 bridgehead atoms. The predicted molar refractivity (Wildman–Crippen MR) is 205 cm³/mol. The summed E-state index contributed by atoms with van der Waals surface area (Å²) in [6.07, 6.45) is -2.97. The summed E-state index contributed by atoms with van der Waals surface area (Å²) in [5.41, 5.74) is -0.801. The van der Waals surface area contributed by atoms with Crippen LogP contribution in [-0.2, 0) is 44.7 Å². The highest BCUT2D eigenvalue weighted by Crippen LogP contribution is 2.39. The van der Waals surface area contributed by atoms with Gasteiger partial charge in [-0.15, -0.1) is 0 Å². The van der Waals surface area contributed by atoms with Gasteiger partial charge in [0.2, 0.25) is 0 Å². The third kappa shape index (κ3) is 9.30. The number of nitrogens with zero attached hydrogens (tertiary/aromatic N) is 3. The number of hydrogen-bond acceptors (Lipinski definition) is 14. The molecule has 5 rings (SSSR count). The molecule has 15 nitrogen and oxygen atoms in total. The van der Waals surface area contributed by atoms with Gasteiger partial charge >= 0.3 is 5.97 Å². The molecule has 1 aromatic heterocycles. The van der Waals surface area contributed by atoms with Crippen molar-refractivity contribution in [3.63, 3.8) is 0 Å². The van der Waals surface area contributed by atoms with Crippen molar-refractivity contribution < 1.29 is 48.3 Å². The van der Waals surface area contributed by atoms with Crippen molar-refractivity contribution >= 4 is 34.1 Å². The fourth-order valence-electron chi connectivity index (χ4n) is 8.50. The number of esters is 1. The van der Waals surface area contributed by atoms with Crippen molar-refractivity contribution in [3.05, 3.63) is 30.0 Å². The van der Waals surface area contributed by atoms with E-state index in [0.717, 1.165) is 16.5 Å². The van der Waals surface area contributed by atoms with Gasteiger partial charge in [-0.2, -0.15) is 5.10 Å². The van der Waals surface area contributed by atoms with Crippen LogP contribution in [0.25, 0.3) is 10.9 Å². The highest BCUT2D eigenvalue weighted by Gasteiger charge is 2.52. The molecule has 0 amide bonds. The number of cyclic esters (lactones) is 1. The summed E-state index contributed by atoms with van der Waals surface area (Å²) in [6.45, 7) is 13.7. The van der Waals surface area contributed by atoms with E-state index in [4.69, 9.17) is 28.5 Å². The van der Waals surface area contributed by atoms with Crippen molar-refractivity contribution in [3.8, 4) is 0 Å². The molecular weight excluding hydrogens is 710 g/mol. The lowest BCUT2D eigenvalue weighted by Gasteiger charge is -2.47. The lowest BCUT2D eigenvalue weighted by Crippen LogP contribution is -2.60. The van der Waals surface area contributed by atoms with Gasteiger partial charge in [0.1, 0.15) is 36.0 Å². The Morgan fingerprint density at radius 3 is 2.53 bits per heavy atom. The minimum absolute atomic E-state index is 0.125. The van der Waals surface area contributed by atoms with E-state index in [1.54, 1.807) is 20.0 Å². The number of nitrogens with one attached hydrogen (secondary N) is 2. The Balaban J connectivity index is 1.60. The van der Waals surface area contributed by atoms with E-state index in [1.807, 2.05) is 64.9 Å². The van der Waals surface area contributed by atoms with Crippen LogP contribution in [-0.4, -0.2) is 130 Å². The number of rotatable bonds is 7. The van der Waals surface area contributed by atoms with Crippen LogP contribution < -0.4 is 0 Å². The Hall–Kier alpha value is -3.31. The van der Waals surface area contributed by atoms with Crippen LogP contribution in [0.2, 0.25) is 0 Å². The number of H-pyrrole nitrogens is 1. The first kappa shape index (κ1) is 42.8. The standard InChI is InChI=1S/C40H61N5O10/c1-11-31-40(8,49)36-23(4)32(41)21(2)16-39(7,51-20-28(19-50-36)44-52-18-26-12-13-27-17-42-43-29(27)15-26)35(24(5)33(46)25(6)37(48)54-31)55-38-34(47)30(45(9)10)14-22(3)53-38/h12-13,15,17,21-25,30-31,34-36,38,41,47,49H,11,14,16,18-20H2,1-10H3,(H,42,43)/b41-32?,44-28+/t21-,22-,23+,24+,25-,30+,31-,34-,35-,36+,38+,39-,40-/m1/s1. The van der Waals surface area contributed by atoms with Gasteiger partial charge < -0.3 is 49.0 Å². The second kappa shape index (κ2) is 17.5. The summed E-state index contributed by atoms with van der Waals surface area (Å²) in [4.78, 5) is 35.9. The molecule has 0 saturated carbocycles. The first-order valence-corrected chi connectivity index (χ1v) is 19.4. The minimum atomic E-state index is -1.78. The number of likely N-dealkylation sites (N-methyl/N-ethyl adjacent to an activating group) is 1. The van der Waals surface area contributed by atoms with Crippen LogP contribution in [0.3, 0.4) is 0 Å². The van der Waals surface area contributed by atoms with E-state index in [2.05, 4.69) is 15.4 Å². The second-order valence-corrected chi connectivity index (χ2v) is 16.5. The maximum Gasteiger partial charge on any atom is 0.316 e. The number of ether oxygens (including phenoxy) is 5. The molecule has 15 heteroatoms. The van der Waals surface area contributed by atoms with Crippen LogP contribution in [0.4, 0.5) is 0 Å². The molecule has 306 valence electrons. The predicted octanol–water partition coefficient (Wildman–Crippen LogP) is 4.03. The number of aliphatic hydroxyl groups is 2. The van der Waals surface area contributed by atoms with Crippen LogP contribution in [0.1, 0.15) is 80.2 Å². The van der Waals surface area contributed by atoms with E-state index in [9.17, 15) is 25.2 Å². The number of aromatic nitrogens is 2. The number of carbonyl (C=O) groups excluding carboxylic acids is 2. The molecule has 13 atom stereocenters. The Bertz CT molecular complexity index is 1700. The third-order valence-electron chi connectivity index (χ3n) is 11.8.